The summed E-state index contributed by atoms with van der Waals surface area (Å²) in [6.07, 6.45) is 6.42. The molecule has 0 bridgehead atoms. The van der Waals surface area contributed by atoms with Gasteiger partial charge in [0.05, 0.1) is 11.2 Å². The van der Waals surface area contributed by atoms with Crippen molar-refractivity contribution in [2.45, 2.75) is 12.8 Å². The number of hydrogen-bond acceptors (Lipinski definition) is 5. The fourth-order valence-corrected chi connectivity index (χ4v) is 4.03. The number of anilines is 1. The van der Waals surface area contributed by atoms with E-state index in [4.69, 9.17) is 0 Å². The van der Waals surface area contributed by atoms with Crippen molar-refractivity contribution in [1.29, 1.82) is 0 Å². The second-order valence-corrected chi connectivity index (χ2v) is 8.80. The third kappa shape index (κ3) is 5.82. The average Bonchev–Trinajstić information content (AvgIpc) is 3.28. The lowest BCUT2D eigenvalue weighted by atomic mass is 10.0. The second-order valence-electron chi connectivity index (χ2n) is 8.80. The topological polar surface area (TPSA) is 78.4 Å². The Morgan fingerprint density at radius 3 is 2.85 bits per heavy atom. The molecule has 1 aromatic heterocycles. The predicted molar refractivity (Wildman–Crippen MR) is 130 cm³/mol. The maximum absolute atomic E-state index is 14.6. The summed E-state index contributed by atoms with van der Waals surface area (Å²) in [5, 5.41) is 3.51. The number of halogens is 1. The monoisotopic (exact) mass is 461 g/mol. The van der Waals surface area contributed by atoms with Gasteiger partial charge in [-0.3, -0.25) is 9.59 Å². The minimum absolute atomic E-state index is 0.0452. The van der Waals surface area contributed by atoms with Gasteiger partial charge in [0, 0.05) is 49.3 Å². The second kappa shape index (κ2) is 10.5. The summed E-state index contributed by atoms with van der Waals surface area (Å²) in [5.74, 6) is -0.255. The van der Waals surface area contributed by atoms with Crippen molar-refractivity contribution in [1.82, 2.24) is 19.8 Å². The molecule has 7 nitrogen and oxygen atoms in total. The maximum atomic E-state index is 14.6. The van der Waals surface area contributed by atoms with E-state index in [1.807, 2.05) is 49.5 Å². The normalized spacial score (nSPS) is 16.0. The highest BCUT2D eigenvalue weighted by molar-refractivity contribution is 6.00. The van der Waals surface area contributed by atoms with Crippen LogP contribution in [0, 0.1) is 11.7 Å². The first-order valence-electron chi connectivity index (χ1n) is 11.3. The first-order valence-corrected chi connectivity index (χ1v) is 11.3. The van der Waals surface area contributed by atoms with E-state index < -0.39 is 11.7 Å². The number of rotatable bonds is 7. The Balaban J connectivity index is 1.35. The molecule has 1 fully saturated rings. The quantitative estimate of drug-likeness (QED) is 0.545. The molecule has 0 aliphatic carbocycles. The van der Waals surface area contributed by atoms with Crippen molar-refractivity contribution in [2.24, 2.45) is 5.92 Å². The van der Waals surface area contributed by atoms with Gasteiger partial charge in [-0.05, 0) is 50.7 Å². The zero-order valence-corrected chi connectivity index (χ0v) is 19.4. The fourth-order valence-electron chi connectivity index (χ4n) is 4.03. The van der Waals surface area contributed by atoms with Crippen molar-refractivity contribution >= 4 is 28.4 Å². The Morgan fingerprint density at radius 2 is 2.06 bits per heavy atom. The summed E-state index contributed by atoms with van der Waals surface area (Å²) in [6.45, 7) is 1.78. The number of benzene rings is 2. The van der Waals surface area contributed by atoms with E-state index in [-0.39, 0.29) is 23.1 Å². The van der Waals surface area contributed by atoms with Crippen molar-refractivity contribution < 1.29 is 14.0 Å². The third-order valence-corrected chi connectivity index (χ3v) is 5.80. The van der Waals surface area contributed by atoms with Gasteiger partial charge >= 0.3 is 0 Å². The Labute approximate surface area is 198 Å². The number of para-hydroxylation sites is 1. The van der Waals surface area contributed by atoms with E-state index in [0.29, 0.717) is 26.1 Å². The first kappa shape index (κ1) is 23.5. The van der Waals surface area contributed by atoms with Gasteiger partial charge in [0.1, 0.15) is 11.6 Å². The molecular weight excluding hydrogens is 433 g/mol. The van der Waals surface area contributed by atoms with E-state index in [1.165, 1.54) is 18.2 Å². The molecule has 2 amide bonds. The van der Waals surface area contributed by atoms with Gasteiger partial charge in [-0.15, -0.1) is 0 Å². The summed E-state index contributed by atoms with van der Waals surface area (Å²) in [5.41, 5.74) is 1.22. The van der Waals surface area contributed by atoms with Gasteiger partial charge in [-0.1, -0.05) is 24.3 Å². The zero-order valence-electron chi connectivity index (χ0n) is 19.4. The molecule has 0 radical (unpaired) electrons. The van der Waals surface area contributed by atoms with E-state index in [9.17, 15) is 14.0 Å². The van der Waals surface area contributed by atoms with E-state index >= 15 is 0 Å². The zero-order chi connectivity index (χ0) is 24.1. The number of likely N-dealkylation sites (N-methyl/N-ethyl adjacent to an activating group) is 1. The molecule has 176 valence electrons. The minimum atomic E-state index is -0.638. The molecule has 0 saturated carbocycles. The van der Waals surface area contributed by atoms with Crippen molar-refractivity contribution in [2.75, 3.05) is 39.0 Å². The average molecular weight is 462 g/mol. The van der Waals surface area contributed by atoms with Crippen LogP contribution >= 0.6 is 0 Å². The lowest BCUT2D eigenvalue weighted by Crippen LogP contribution is -2.29. The summed E-state index contributed by atoms with van der Waals surface area (Å²) in [4.78, 5) is 37.6. The lowest BCUT2D eigenvalue weighted by molar-refractivity contribution is -0.111. The summed E-state index contributed by atoms with van der Waals surface area (Å²) < 4.78 is 14.6. The third-order valence-electron chi connectivity index (χ3n) is 5.80. The Kier molecular flexibility index (Phi) is 7.27. The number of carbonyl (C=O) groups excluding carboxylic acids is 2. The van der Waals surface area contributed by atoms with Crippen molar-refractivity contribution in [3.8, 4) is 0 Å². The molecule has 0 unspecified atom stereocenters. The SMILES string of the molecule is CN(C)C/C=C/C(=O)Nc1ccc(C(=O)N2CC[C@@H](Cc3ncc4ccccc4n3)C2)cc1F. The number of amides is 2. The summed E-state index contributed by atoms with van der Waals surface area (Å²) in [7, 11) is 3.77. The van der Waals surface area contributed by atoms with Gasteiger partial charge in [-0.25, -0.2) is 14.4 Å². The van der Waals surface area contributed by atoms with Gasteiger partial charge < -0.3 is 15.1 Å². The summed E-state index contributed by atoms with van der Waals surface area (Å²) >= 11 is 0. The molecule has 4 rings (SSSR count). The highest BCUT2D eigenvalue weighted by Crippen LogP contribution is 2.24. The standard InChI is InChI=1S/C26H28FN5O2/c1-31(2)12-5-8-25(33)30-23-10-9-19(15-21(23)27)26(34)32-13-11-18(17-32)14-24-28-16-20-6-3-4-7-22(20)29-24/h3-10,15-16,18H,11-14,17H2,1-2H3,(H,30,33)/b8-5+/t18-/m0/s1. The van der Waals surface area contributed by atoms with Crippen molar-refractivity contribution in [3.05, 3.63) is 78.0 Å². The molecule has 3 aromatic rings. The van der Waals surface area contributed by atoms with E-state index in [2.05, 4.69) is 15.3 Å². The van der Waals surface area contributed by atoms with Crippen LogP contribution in [-0.2, 0) is 11.2 Å². The smallest absolute Gasteiger partial charge is 0.253 e. The Hall–Kier alpha value is -3.65. The van der Waals surface area contributed by atoms with Crippen LogP contribution in [-0.4, -0.2) is 65.3 Å². The lowest BCUT2D eigenvalue weighted by Gasteiger charge is -2.17. The highest BCUT2D eigenvalue weighted by Gasteiger charge is 2.28. The van der Waals surface area contributed by atoms with Crippen molar-refractivity contribution in [3.63, 3.8) is 0 Å². The fraction of sp³-hybridized carbons (Fsp3) is 0.308. The van der Waals surface area contributed by atoms with E-state index in [0.717, 1.165) is 23.1 Å². The molecular formula is C26H28FN5O2. The first-order chi connectivity index (χ1) is 16.4. The van der Waals surface area contributed by atoms with E-state index in [1.54, 1.807) is 17.0 Å². The number of nitrogens with zero attached hydrogens (tertiary/aromatic N) is 4. The molecule has 1 aliphatic heterocycles. The number of nitrogens with one attached hydrogen (secondary N) is 1. The number of likely N-dealkylation sites (tertiary alicyclic amines) is 1. The molecule has 1 N–H and O–H groups in total. The van der Waals surface area contributed by atoms with Crippen LogP contribution in [0.15, 0.2) is 60.8 Å². The molecule has 34 heavy (non-hydrogen) atoms. The number of aromatic nitrogens is 2. The molecule has 8 heteroatoms. The van der Waals surface area contributed by atoms with Crippen LogP contribution in [0.5, 0.6) is 0 Å². The summed E-state index contributed by atoms with van der Waals surface area (Å²) in [6, 6.07) is 12.0. The predicted octanol–water partition coefficient (Wildman–Crippen LogP) is 3.53. The van der Waals surface area contributed by atoms with Crippen LogP contribution in [0.4, 0.5) is 10.1 Å². The van der Waals surface area contributed by atoms with Crippen LogP contribution in [0.1, 0.15) is 22.6 Å². The molecule has 2 heterocycles. The van der Waals surface area contributed by atoms with Gasteiger partial charge in [-0.2, -0.15) is 0 Å². The Morgan fingerprint density at radius 1 is 1.24 bits per heavy atom. The number of fused-ring (bicyclic) bond motifs is 1. The molecule has 2 aromatic carbocycles. The maximum Gasteiger partial charge on any atom is 0.253 e. The molecule has 0 spiro atoms. The number of carbonyl (C=O) groups is 2. The van der Waals surface area contributed by atoms with Gasteiger partial charge in [0.15, 0.2) is 0 Å². The van der Waals surface area contributed by atoms with Gasteiger partial charge in [0.2, 0.25) is 5.91 Å². The van der Waals surface area contributed by atoms with Gasteiger partial charge in [0.25, 0.3) is 5.91 Å². The van der Waals surface area contributed by atoms with Crippen LogP contribution in [0.25, 0.3) is 10.9 Å². The minimum Gasteiger partial charge on any atom is -0.338 e. The largest absolute Gasteiger partial charge is 0.338 e. The molecule has 1 saturated heterocycles. The molecule has 1 aliphatic rings. The number of hydrogen-bond donors (Lipinski definition) is 1. The Bertz CT molecular complexity index is 1230. The van der Waals surface area contributed by atoms with Crippen LogP contribution in [0.2, 0.25) is 0 Å². The molecule has 1 atom stereocenters. The van der Waals surface area contributed by atoms with Crippen LogP contribution in [0.3, 0.4) is 0 Å². The van der Waals surface area contributed by atoms with Crippen LogP contribution < -0.4 is 5.32 Å². The highest BCUT2D eigenvalue weighted by atomic mass is 19.1.